The van der Waals surface area contributed by atoms with Crippen molar-refractivity contribution in [2.24, 2.45) is 0 Å². The van der Waals surface area contributed by atoms with Gasteiger partial charge < -0.3 is 9.08 Å². The molecule has 1 unspecified atom stereocenters. The Labute approximate surface area is 82.1 Å². The summed E-state index contributed by atoms with van der Waals surface area (Å²) in [5.74, 6) is 0.331. The monoisotopic (exact) mass is 210 g/mol. The molecule has 0 saturated carbocycles. The van der Waals surface area contributed by atoms with Crippen LogP contribution >= 0.6 is 0 Å². The van der Waals surface area contributed by atoms with Crippen molar-refractivity contribution in [1.29, 1.82) is 0 Å². The van der Waals surface area contributed by atoms with Gasteiger partial charge in [-0.25, -0.2) is 4.21 Å². The summed E-state index contributed by atoms with van der Waals surface area (Å²) < 4.78 is 24.4. The van der Waals surface area contributed by atoms with Gasteiger partial charge in [0.05, 0.1) is 4.90 Å². The van der Waals surface area contributed by atoms with E-state index in [1.807, 2.05) is 0 Å². The Hall–Kier alpha value is -1.53. The van der Waals surface area contributed by atoms with Gasteiger partial charge in [-0.2, -0.15) is 4.98 Å². The van der Waals surface area contributed by atoms with E-state index in [-0.39, 0.29) is 0 Å². The second kappa shape index (κ2) is 3.69. The molecule has 1 N–H and O–H groups in total. The van der Waals surface area contributed by atoms with Crippen LogP contribution in [0, 0.1) is 0 Å². The topological polar surface area (TPSA) is 76.2 Å². The molecule has 6 heteroatoms. The molecule has 0 saturated heterocycles. The Morgan fingerprint density at radius 2 is 2.29 bits per heavy atom. The van der Waals surface area contributed by atoms with E-state index >= 15 is 0 Å². The van der Waals surface area contributed by atoms with E-state index in [2.05, 4.69) is 10.1 Å². The van der Waals surface area contributed by atoms with Gasteiger partial charge in [-0.05, 0) is 18.2 Å². The summed E-state index contributed by atoms with van der Waals surface area (Å²) in [6, 6.07) is 6.46. The van der Waals surface area contributed by atoms with Gasteiger partial charge in [-0.15, -0.1) is 0 Å². The van der Waals surface area contributed by atoms with E-state index in [9.17, 15) is 4.21 Å². The van der Waals surface area contributed by atoms with Crippen molar-refractivity contribution < 1.29 is 13.3 Å². The number of rotatable bonds is 2. The van der Waals surface area contributed by atoms with E-state index in [0.717, 1.165) is 0 Å². The summed E-state index contributed by atoms with van der Waals surface area (Å²) >= 11 is -1.99. The highest BCUT2D eigenvalue weighted by Gasteiger charge is 2.06. The van der Waals surface area contributed by atoms with E-state index in [0.29, 0.717) is 16.3 Å². The quantitative estimate of drug-likeness (QED) is 0.756. The van der Waals surface area contributed by atoms with Crippen molar-refractivity contribution in [3.05, 3.63) is 30.6 Å². The molecule has 0 aliphatic rings. The van der Waals surface area contributed by atoms with Crippen LogP contribution in [0.15, 0.2) is 40.0 Å². The van der Waals surface area contributed by atoms with Gasteiger partial charge >= 0.3 is 0 Å². The summed E-state index contributed by atoms with van der Waals surface area (Å²) in [6.07, 6.45) is 1.28. The van der Waals surface area contributed by atoms with Crippen molar-refractivity contribution in [2.75, 3.05) is 0 Å². The lowest BCUT2D eigenvalue weighted by atomic mass is 10.2. The Morgan fingerprint density at radius 1 is 1.43 bits per heavy atom. The molecule has 0 radical (unpaired) electrons. The molecule has 0 aliphatic heterocycles. The van der Waals surface area contributed by atoms with Crippen LogP contribution in [-0.2, 0) is 11.1 Å². The fourth-order valence-corrected chi connectivity index (χ4v) is 1.46. The first-order valence-electron chi connectivity index (χ1n) is 3.75. The van der Waals surface area contributed by atoms with Crippen molar-refractivity contribution in [1.82, 2.24) is 10.1 Å². The molecule has 0 aliphatic carbocycles. The smallest absolute Gasteiger partial charge is 0.257 e. The molecule has 0 bridgehead atoms. The molecule has 1 aromatic heterocycles. The highest BCUT2D eigenvalue weighted by atomic mass is 32.2. The maximum atomic E-state index is 10.8. The maximum absolute atomic E-state index is 10.8. The third-order valence-electron chi connectivity index (χ3n) is 1.64. The third kappa shape index (κ3) is 1.70. The average molecular weight is 210 g/mol. The second-order valence-corrected chi connectivity index (χ2v) is 3.49. The van der Waals surface area contributed by atoms with Gasteiger partial charge in [0.1, 0.15) is 0 Å². The van der Waals surface area contributed by atoms with Crippen LogP contribution in [0.4, 0.5) is 0 Å². The van der Waals surface area contributed by atoms with Crippen molar-refractivity contribution >= 4 is 11.1 Å². The fraction of sp³-hybridized carbons (Fsp3) is 0. The molecule has 2 aromatic rings. The lowest BCUT2D eigenvalue weighted by Crippen LogP contribution is -1.88. The summed E-state index contributed by atoms with van der Waals surface area (Å²) in [7, 11) is 0. The Morgan fingerprint density at radius 3 is 2.93 bits per heavy atom. The molecule has 72 valence electrons. The standard InChI is InChI=1S/C8H6N2O3S/c11-14(12)7-3-1-2-6(4-7)8-9-5-10-13-8/h1-5H,(H,11,12). The maximum Gasteiger partial charge on any atom is 0.257 e. The van der Waals surface area contributed by atoms with Gasteiger partial charge in [-0.3, -0.25) is 0 Å². The Kier molecular flexibility index (Phi) is 2.38. The highest BCUT2D eigenvalue weighted by Crippen LogP contribution is 2.18. The lowest BCUT2D eigenvalue weighted by Gasteiger charge is -1.96. The number of hydrogen-bond donors (Lipinski definition) is 1. The molecule has 0 amide bonds. The SMILES string of the molecule is O=S(O)c1cccc(-c2ncno2)c1. The van der Waals surface area contributed by atoms with Crippen LogP contribution in [-0.4, -0.2) is 18.9 Å². The first kappa shape index (κ1) is 9.04. The zero-order chi connectivity index (χ0) is 9.97. The largest absolute Gasteiger partial charge is 0.334 e. The summed E-state index contributed by atoms with van der Waals surface area (Å²) in [5, 5.41) is 3.45. The minimum atomic E-state index is -1.99. The minimum Gasteiger partial charge on any atom is -0.334 e. The molecule has 0 fully saturated rings. The minimum absolute atomic E-state index is 0.306. The predicted molar refractivity (Wildman–Crippen MR) is 48.8 cm³/mol. The van der Waals surface area contributed by atoms with Crippen LogP contribution < -0.4 is 0 Å². The van der Waals surface area contributed by atoms with Crippen LogP contribution in [0.5, 0.6) is 0 Å². The van der Waals surface area contributed by atoms with Crippen LogP contribution in [0.2, 0.25) is 0 Å². The normalized spacial score (nSPS) is 12.6. The lowest BCUT2D eigenvalue weighted by molar-refractivity contribution is 0.430. The Balaban J connectivity index is 2.46. The number of nitrogens with zero attached hydrogens (tertiary/aromatic N) is 2. The van der Waals surface area contributed by atoms with E-state index in [4.69, 9.17) is 9.08 Å². The molecule has 5 nitrogen and oxygen atoms in total. The van der Waals surface area contributed by atoms with E-state index in [1.165, 1.54) is 12.4 Å². The molecule has 0 spiro atoms. The van der Waals surface area contributed by atoms with Gasteiger partial charge in [-0.1, -0.05) is 11.2 Å². The van der Waals surface area contributed by atoms with E-state index in [1.54, 1.807) is 18.2 Å². The average Bonchev–Trinajstić information content (AvgIpc) is 2.71. The Bertz CT molecular complexity index is 455. The number of aromatic nitrogens is 2. The first-order chi connectivity index (χ1) is 6.77. The first-order valence-corrected chi connectivity index (χ1v) is 4.86. The predicted octanol–water partition coefficient (Wildman–Crippen LogP) is 1.32. The van der Waals surface area contributed by atoms with Crippen molar-refractivity contribution in [3.63, 3.8) is 0 Å². The highest BCUT2D eigenvalue weighted by molar-refractivity contribution is 7.79. The zero-order valence-electron chi connectivity index (χ0n) is 6.95. The van der Waals surface area contributed by atoms with Gasteiger partial charge in [0.25, 0.3) is 5.89 Å². The van der Waals surface area contributed by atoms with Crippen molar-refractivity contribution in [3.8, 4) is 11.5 Å². The summed E-state index contributed by atoms with van der Waals surface area (Å²) in [5.41, 5.74) is 0.627. The fourth-order valence-electron chi connectivity index (χ4n) is 1.04. The van der Waals surface area contributed by atoms with Crippen molar-refractivity contribution in [2.45, 2.75) is 4.90 Å². The van der Waals surface area contributed by atoms with Crippen LogP contribution in [0.25, 0.3) is 11.5 Å². The molecular formula is C8H6N2O3S. The molecule has 1 atom stereocenters. The van der Waals surface area contributed by atoms with Crippen LogP contribution in [0.1, 0.15) is 0 Å². The van der Waals surface area contributed by atoms with Gasteiger partial charge in [0, 0.05) is 5.56 Å². The second-order valence-electron chi connectivity index (χ2n) is 2.52. The summed E-state index contributed by atoms with van der Waals surface area (Å²) in [6.45, 7) is 0. The summed E-state index contributed by atoms with van der Waals surface area (Å²) in [4.78, 5) is 4.13. The number of hydrogen-bond acceptors (Lipinski definition) is 4. The molecule has 1 aromatic carbocycles. The third-order valence-corrected chi connectivity index (χ3v) is 2.30. The molecule has 2 rings (SSSR count). The van der Waals surface area contributed by atoms with Crippen LogP contribution in [0.3, 0.4) is 0 Å². The zero-order valence-corrected chi connectivity index (χ0v) is 7.77. The molecule has 1 heterocycles. The molecular weight excluding hydrogens is 204 g/mol. The van der Waals surface area contributed by atoms with E-state index < -0.39 is 11.1 Å². The number of benzene rings is 1. The van der Waals surface area contributed by atoms with Gasteiger partial charge in [0.15, 0.2) is 17.4 Å². The molecule has 14 heavy (non-hydrogen) atoms. The van der Waals surface area contributed by atoms with Gasteiger partial charge in [0.2, 0.25) is 0 Å².